The van der Waals surface area contributed by atoms with Gasteiger partial charge in [-0.05, 0) is 46.9 Å². The Morgan fingerprint density at radius 1 is 0.960 bits per heavy atom. The number of fused-ring (bicyclic) bond motifs is 1. The van der Waals surface area contributed by atoms with Crippen LogP contribution in [0.2, 0.25) is 0 Å². The van der Waals surface area contributed by atoms with Crippen molar-refractivity contribution < 1.29 is 12.8 Å². The van der Waals surface area contributed by atoms with E-state index in [4.69, 9.17) is 5.14 Å². The molecule has 2 aromatic carbocycles. The van der Waals surface area contributed by atoms with Gasteiger partial charge in [0.15, 0.2) is 0 Å². The number of halogens is 1. The molecule has 0 saturated heterocycles. The standard InChI is InChI=1S/C17H11FN2O2S3/c18-12-5-1-11(2-6-12)16-15(14-9-20-24-17(14)23-16)10-3-7-13(8-4-10)25(19,21)22/h1-9H,(H2,19,21,22). The highest BCUT2D eigenvalue weighted by atomic mass is 32.2. The van der Waals surface area contributed by atoms with Gasteiger partial charge in [0.1, 0.15) is 9.83 Å². The van der Waals surface area contributed by atoms with Crippen molar-refractivity contribution in [2.24, 2.45) is 5.14 Å². The number of aromatic nitrogens is 1. The third-order valence-corrected chi connectivity index (χ3v) is 6.86. The highest BCUT2D eigenvalue weighted by Gasteiger charge is 2.18. The second kappa shape index (κ2) is 5.99. The summed E-state index contributed by atoms with van der Waals surface area (Å²) in [6.45, 7) is 0. The van der Waals surface area contributed by atoms with Crippen LogP contribution < -0.4 is 5.14 Å². The molecule has 0 atom stereocenters. The maximum atomic E-state index is 13.3. The highest BCUT2D eigenvalue weighted by molar-refractivity contribution is 7.89. The minimum Gasteiger partial charge on any atom is -0.225 e. The summed E-state index contributed by atoms with van der Waals surface area (Å²) in [4.78, 5) is 1.06. The maximum Gasteiger partial charge on any atom is 0.238 e. The molecule has 4 aromatic rings. The van der Waals surface area contributed by atoms with Crippen molar-refractivity contribution in [1.29, 1.82) is 0 Å². The van der Waals surface area contributed by atoms with Crippen molar-refractivity contribution in [1.82, 2.24) is 4.37 Å². The smallest absolute Gasteiger partial charge is 0.225 e. The molecule has 4 nitrogen and oxygen atoms in total. The lowest BCUT2D eigenvalue weighted by Gasteiger charge is -2.06. The molecule has 0 radical (unpaired) electrons. The van der Waals surface area contributed by atoms with E-state index in [2.05, 4.69) is 4.37 Å². The van der Waals surface area contributed by atoms with E-state index in [0.717, 1.165) is 31.0 Å². The lowest BCUT2D eigenvalue weighted by atomic mass is 10.0. The van der Waals surface area contributed by atoms with Crippen LogP contribution in [0.4, 0.5) is 4.39 Å². The molecule has 0 unspecified atom stereocenters. The van der Waals surface area contributed by atoms with Crippen molar-refractivity contribution >= 4 is 42.3 Å². The normalized spacial score (nSPS) is 11.9. The highest BCUT2D eigenvalue weighted by Crippen LogP contribution is 2.46. The van der Waals surface area contributed by atoms with E-state index in [-0.39, 0.29) is 10.7 Å². The number of primary sulfonamides is 1. The van der Waals surface area contributed by atoms with Crippen LogP contribution in [0, 0.1) is 5.82 Å². The summed E-state index contributed by atoms with van der Waals surface area (Å²) in [6, 6.07) is 12.8. The van der Waals surface area contributed by atoms with Crippen LogP contribution >= 0.6 is 22.9 Å². The van der Waals surface area contributed by atoms with Crippen molar-refractivity contribution in [3.8, 4) is 21.6 Å². The first-order valence-corrected chi connectivity index (χ1v) is 10.3. The van der Waals surface area contributed by atoms with Gasteiger partial charge in [-0.25, -0.2) is 17.9 Å². The zero-order valence-corrected chi connectivity index (χ0v) is 15.1. The minimum absolute atomic E-state index is 0.0644. The first kappa shape index (κ1) is 16.3. The summed E-state index contributed by atoms with van der Waals surface area (Å²) in [5, 5.41) is 6.16. The fraction of sp³-hybridized carbons (Fsp3) is 0. The number of thiophene rings is 1. The van der Waals surface area contributed by atoms with Crippen LogP contribution in [0.15, 0.2) is 59.6 Å². The number of hydrogen-bond acceptors (Lipinski definition) is 5. The molecule has 0 spiro atoms. The number of nitrogens with two attached hydrogens (primary N) is 1. The SMILES string of the molecule is NS(=O)(=O)c1ccc(-c2c(-c3ccc(F)cc3)sc3sncc23)cc1. The van der Waals surface area contributed by atoms with Crippen LogP contribution in [0.5, 0.6) is 0 Å². The summed E-state index contributed by atoms with van der Waals surface area (Å²) >= 11 is 2.99. The van der Waals surface area contributed by atoms with Gasteiger partial charge in [-0.3, -0.25) is 0 Å². The molecule has 0 aliphatic heterocycles. The van der Waals surface area contributed by atoms with Crippen LogP contribution in [0.3, 0.4) is 0 Å². The monoisotopic (exact) mass is 390 g/mol. The molecule has 8 heteroatoms. The second-order valence-electron chi connectivity index (χ2n) is 5.41. The van der Waals surface area contributed by atoms with E-state index in [1.807, 2.05) is 0 Å². The third-order valence-electron chi connectivity index (χ3n) is 3.81. The van der Waals surface area contributed by atoms with Crippen molar-refractivity contribution in [3.05, 3.63) is 60.5 Å². The topological polar surface area (TPSA) is 73.1 Å². The molecule has 25 heavy (non-hydrogen) atoms. The second-order valence-corrected chi connectivity index (χ2v) is 9.05. The predicted molar refractivity (Wildman–Crippen MR) is 99.7 cm³/mol. The van der Waals surface area contributed by atoms with E-state index >= 15 is 0 Å². The van der Waals surface area contributed by atoms with Gasteiger partial charge >= 0.3 is 0 Å². The molecule has 0 saturated carbocycles. The Kier molecular flexibility index (Phi) is 3.92. The Bertz CT molecular complexity index is 1160. The summed E-state index contributed by atoms with van der Waals surface area (Å²) in [5.41, 5.74) is 2.72. The van der Waals surface area contributed by atoms with Gasteiger partial charge in [0.05, 0.1) is 11.1 Å². The van der Waals surface area contributed by atoms with Crippen LogP contribution in [-0.4, -0.2) is 12.8 Å². The van der Waals surface area contributed by atoms with E-state index in [0.29, 0.717) is 0 Å². The fourth-order valence-electron chi connectivity index (χ4n) is 2.64. The van der Waals surface area contributed by atoms with Gasteiger partial charge in [0.2, 0.25) is 10.0 Å². The van der Waals surface area contributed by atoms with Crippen LogP contribution in [0.25, 0.3) is 31.0 Å². The molecule has 0 aliphatic rings. The van der Waals surface area contributed by atoms with E-state index in [1.54, 1.807) is 41.8 Å². The van der Waals surface area contributed by atoms with Crippen molar-refractivity contribution in [3.63, 3.8) is 0 Å². The zero-order chi connectivity index (χ0) is 17.6. The number of rotatable bonds is 3. The fourth-order valence-corrected chi connectivity index (χ4v) is 5.22. The summed E-state index contributed by atoms with van der Waals surface area (Å²) in [7, 11) is -3.74. The lowest BCUT2D eigenvalue weighted by molar-refractivity contribution is 0.598. The average molecular weight is 390 g/mol. The van der Waals surface area contributed by atoms with Gasteiger partial charge in [0.25, 0.3) is 0 Å². The summed E-state index contributed by atoms with van der Waals surface area (Å²) in [6.07, 6.45) is 1.80. The van der Waals surface area contributed by atoms with Gasteiger partial charge in [0, 0.05) is 15.8 Å². The Balaban J connectivity index is 1.92. The Morgan fingerprint density at radius 2 is 1.60 bits per heavy atom. The van der Waals surface area contributed by atoms with E-state index < -0.39 is 10.0 Å². The Labute approximate surface area is 151 Å². The Morgan fingerprint density at radius 3 is 2.24 bits per heavy atom. The molecule has 0 amide bonds. The molecule has 126 valence electrons. The number of benzene rings is 2. The first-order valence-electron chi connectivity index (χ1n) is 7.20. The maximum absolute atomic E-state index is 13.3. The minimum atomic E-state index is -3.74. The van der Waals surface area contributed by atoms with E-state index in [9.17, 15) is 12.8 Å². The summed E-state index contributed by atoms with van der Waals surface area (Å²) in [5.74, 6) is -0.289. The molecular weight excluding hydrogens is 379 g/mol. The molecule has 2 heterocycles. The largest absolute Gasteiger partial charge is 0.238 e. The molecule has 4 rings (SSSR count). The lowest BCUT2D eigenvalue weighted by Crippen LogP contribution is -2.11. The summed E-state index contributed by atoms with van der Waals surface area (Å²) < 4.78 is 41.5. The van der Waals surface area contributed by atoms with Crippen LogP contribution in [-0.2, 0) is 10.0 Å². The predicted octanol–water partition coefficient (Wildman–Crippen LogP) is 4.48. The quantitative estimate of drug-likeness (QED) is 0.561. The van der Waals surface area contributed by atoms with Gasteiger partial charge < -0.3 is 0 Å². The van der Waals surface area contributed by atoms with Crippen molar-refractivity contribution in [2.75, 3.05) is 0 Å². The number of hydrogen-bond donors (Lipinski definition) is 1. The van der Waals surface area contributed by atoms with Gasteiger partial charge in [-0.2, -0.15) is 4.37 Å². The molecule has 2 aromatic heterocycles. The Hall–Kier alpha value is -2.13. The van der Waals surface area contributed by atoms with E-state index in [1.165, 1.54) is 35.8 Å². The zero-order valence-electron chi connectivity index (χ0n) is 12.6. The average Bonchev–Trinajstić information content (AvgIpc) is 3.15. The number of sulfonamides is 1. The number of nitrogens with zero attached hydrogens (tertiary/aromatic N) is 1. The molecule has 2 N–H and O–H groups in total. The van der Waals surface area contributed by atoms with Gasteiger partial charge in [-0.15, -0.1) is 11.3 Å². The third kappa shape index (κ3) is 2.98. The van der Waals surface area contributed by atoms with Gasteiger partial charge in [-0.1, -0.05) is 24.3 Å². The molecule has 0 aliphatic carbocycles. The van der Waals surface area contributed by atoms with Crippen LogP contribution in [0.1, 0.15) is 0 Å². The molecule has 0 fully saturated rings. The molecule has 0 bridgehead atoms. The first-order chi connectivity index (χ1) is 11.9. The van der Waals surface area contributed by atoms with Crippen molar-refractivity contribution in [2.45, 2.75) is 4.90 Å². The molecular formula is C17H11FN2O2S3.